The molecule has 0 radical (unpaired) electrons. The topological polar surface area (TPSA) is 136 Å². The summed E-state index contributed by atoms with van der Waals surface area (Å²) in [7, 11) is 0. The molecule has 9 heteroatoms. The highest BCUT2D eigenvalue weighted by molar-refractivity contribution is 5.92. The maximum absolute atomic E-state index is 13.8. The fourth-order valence-corrected chi connectivity index (χ4v) is 6.93. The molecule has 2 bridgehead atoms. The van der Waals surface area contributed by atoms with E-state index < -0.39 is 24.1 Å². The molecule has 2 amide bonds. The number of phenolic OH excluding ortho intramolecular Hbond substituents is 2. The number of hydrogen-bond acceptors (Lipinski definition) is 7. The number of phenols is 2. The molecule has 7 atom stereocenters. The number of carbonyl (C=O) groups is 3. The number of nitrogens with zero attached hydrogens (tertiary/aromatic N) is 1. The Morgan fingerprint density at radius 3 is 2.46 bits per heavy atom. The van der Waals surface area contributed by atoms with E-state index in [0.29, 0.717) is 37.3 Å². The predicted octanol–water partition coefficient (Wildman–Crippen LogP) is 3.28. The van der Waals surface area contributed by atoms with Crippen molar-refractivity contribution in [3.63, 3.8) is 0 Å². The third kappa shape index (κ3) is 5.34. The second-order valence-electron chi connectivity index (χ2n) is 12.6. The first-order valence-electron chi connectivity index (χ1n) is 14.3. The molecule has 2 aliphatic carbocycles. The number of aliphatic hydroxyl groups is 1. The van der Waals surface area contributed by atoms with Crippen LogP contribution in [0.15, 0.2) is 18.2 Å². The first-order valence-corrected chi connectivity index (χ1v) is 14.3. The van der Waals surface area contributed by atoms with E-state index in [1.165, 1.54) is 18.2 Å². The van der Waals surface area contributed by atoms with Crippen LogP contribution < -0.4 is 5.32 Å². The SMILES string of the molecule is CCC(C)[C@H](NC(=O)[C@H](O)Cc1ccc(O)c(O)c1)C(=O)N1CCC[C@H]1C(=O)OC1CC2CCC1(C)C2(C)C. The number of nitrogens with one attached hydrogen (secondary N) is 1. The number of amides is 2. The van der Waals surface area contributed by atoms with Crippen molar-refractivity contribution < 1.29 is 34.4 Å². The Morgan fingerprint density at radius 1 is 1.15 bits per heavy atom. The maximum atomic E-state index is 13.8. The van der Waals surface area contributed by atoms with Crippen LogP contribution in [0, 0.1) is 22.7 Å². The number of likely N-dealkylation sites (tertiary alicyclic amines) is 1. The average Bonchev–Trinajstić information content (AvgIpc) is 3.52. The first-order chi connectivity index (χ1) is 18.3. The lowest BCUT2D eigenvalue weighted by molar-refractivity contribution is -0.165. The molecule has 1 aromatic carbocycles. The first kappa shape index (κ1) is 29.2. The zero-order valence-corrected chi connectivity index (χ0v) is 23.8. The van der Waals surface area contributed by atoms with Crippen molar-refractivity contribution in [3.05, 3.63) is 23.8 Å². The summed E-state index contributed by atoms with van der Waals surface area (Å²) in [6.45, 7) is 10.9. The van der Waals surface area contributed by atoms with Crippen molar-refractivity contribution in [1.29, 1.82) is 0 Å². The summed E-state index contributed by atoms with van der Waals surface area (Å²) in [5.41, 5.74) is 0.493. The normalized spacial score (nSPS) is 29.6. The zero-order valence-electron chi connectivity index (χ0n) is 23.8. The molecule has 39 heavy (non-hydrogen) atoms. The van der Waals surface area contributed by atoms with Crippen LogP contribution in [0.3, 0.4) is 0 Å². The third-order valence-electron chi connectivity index (χ3n) is 10.3. The van der Waals surface area contributed by atoms with Gasteiger partial charge in [0.25, 0.3) is 0 Å². The summed E-state index contributed by atoms with van der Waals surface area (Å²) in [6.07, 6.45) is 3.13. The van der Waals surface area contributed by atoms with E-state index in [2.05, 4.69) is 26.1 Å². The van der Waals surface area contributed by atoms with Crippen LogP contribution >= 0.6 is 0 Å². The van der Waals surface area contributed by atoms with Gasteiger partial charge in [-0.25, -0.2) is 4.79 Å². The van der Waals surface area contributed by atoms with Crippen LogP contribution in [0.2, 0.25) is 0 Å². The maximum Gasteiger partial charge on any atom is 0.329 e. The van der Waals surface area contributed by atoms with Crippen LogP contribution in [0.5, 0.6) is 11.5 Å². The van der Waals surface area contributed by atoms with E-state index in [-0.39, 0.29) is 52.6 Å². The van der Waals surface area contributed by atoms with Crippen molar-refractivity contribution in [1.82, 2.24) is 10.2 Å². The molecular weight excluding hydrogens is 500 g/mol. The van der Waals surface area contributed by atoms with Crippen LogP contribution in [0.1, 0.15) is 78.7 Å². The smallest absolute Gasteiger partial charge is 0.329 e. The highest BCUT2D eigenvalue weighted by Crippen LogP contribution is 2.66. The minimum atomic E-state index is -1.46. The predicted molar refractivity (Wildman–Crippen MR) is 145 cm³/mol. The Hall–Kier alpha value is -2.81. The van der Waals surface area contributed by atoms with Gasteiger partial charge in [0.05, 0.1) is 0 Å². The number of hydrogen-bond donors (Lipinski definition) is 4. The number of carbonyl (C=O) groups excluding carboxylic acids is 3. The monoisotopic (exact) mass is 544 g/mol. The average molecular weight is 545 g/mol. The summed E-state index contributed by atoms with van der Waals surface area (Å²) in [5, 5.41) is 32.5. The standard InChI is InChI=1S/C30H44N2O7/c1-6-17(2)25(31-26(36)23(35)15-18-9-10-21(33)22(34)14-18)27(37)32-13-7-8-20(32)28(38)39-24-16-19-11-12-30(24,5)29(19,3)4/h9-10,14,17,19-20,23-25,33-35H,6-8,11-13,15-16H2,1-5H3,(H,31,36)/t17?,19?,20-,23+,24?,25-,30?/m0/s1. The summed E-state index contributed by atoms with van der Waals surface area (Å²) < 4.78 is 6.12. The van der Waals surface area contributed by atoms with Crippen molar-refractivity contribution in [2.45, 2.75) is 104 Å². The van der Waals surface area contributed by atoms with E-state index in [0.717, 1.165) is 19.3 Å². The van der Waals surface area contributed by atoms with Crippen LogP contribution in [-0.4, -0.2) is 68.8 Å². The molecule has 4 N–H and O–H groups in total. The second-order valence-corrected chi connectivity index (χ2v) is 12.6. The van der Waals surface area contributed by atoms with Crippen molar-refractivity contribution in [3.8, 4) is 11.5 Å². The molecule has 1 heterocycles. The largest absolute Gasteiger partial charge is 0.504 e. The summed E-state index contributed by atoms with van der Waals surface area (Å²) in [6, 6.07) is 2.47. The highest BCUT2D eigenvalue weighted by atomic mass is 16.5. The van der Waals surface area contributed by atoms with E-state index >= 15 is 0 Å². The highest BCUT2D eigenvalue weighted by Gasteiger charge is 2.63. The van der Waals surface area contributed by atoms with Gasteiger partial charge in [0.1, 0.15) is 24.3 Å². The Kier molecular flexibility index (Phi) is 8.22. The van der Waals surface area contributed by atoms with Crippen molar-refractivity contribution in [2.24, 2.45) is 22.7 Å². The van der Waals surface area contributed by atoms with Gasteiger partial charge in [0.2, 0.25) is 11.8 Å². The number of aromatic hydroxyl groups is 2. The lowest BCUT2D eigenvalue weighted by atomic mass is 9.70. The minimum absolute atomic E-state index is 0.0710. The molecule has 1 saturated heterocycles. The van der Waals surface area contributed by atoms with Crippen LogP contribution in [-0.2, 0) is 25.5 Å². The number of rotatable bonds is 9. The molecule has 3 aliphatic rings. The van der Waals surface area contributed by atoms with Crippen LogP contribution in [0.4, 0.5) is 0 Å². The third-order valence-corrected chi connectivity index (χ3v) is 10.3. The van der Waals surface area contributed by atoms with Gasteiger partial charge in [0, 0.05) is 18.4 Å². The molecule has 3 fully saturated rings. The molecule has 0 spiro atoms. The lowest BCUT2D eigenvalue weighted by Gasteiger charge is -2.39. The van der Waals surface area contributed by atoms with Gasteiger partial charge in [0.15, 0.2) is 11.5 Å². The van der Waals surface area contributed by atoms with Gasteiger partial charge in [-0.05, 0) is 67.1 Å². The molecule has 0 aromatic heterocycles. The molecule has 2 saturated carbocycles. The Labute approximate surface area is 230 Å². The minimum Gasteiger partial charge on any atom is -0.504 e. The molecular formula is C30H44N2O7. The Morgan fingerprint density at radius 2 is 1.87 bits per heavy atom. The molecule has 1 aliphatic heterocycles. The summed E-state index contributed by atoms with van der Waals surface area (Å²) in [5.74, 6) is -1.75. The summed E-state index contributed by atoms with van der Waals surface area (Å²) >= 11 is 0. The zero-order chi connectivity index (χ0) is 28.7. The fourth-order valence-electron chi connectivity index (χ4n) is 6.93. The molecule has 1 aromatic rings. The van der Waals surface area contributed by atoms with E-state index in [4.69, 9.17) is 4.74 Å². The van der Waals surface area contributed by atoms with E-state index in [9.17, 15) is 29.7 Å². The van der Waals surface area contributed by atoms with E-state index in [1.54, 1.807) is 4.90 Å². The van der Waals surface area contributed by atoms with Gasteiger partial charge in [-0.3, -0.25) is 9.59 Å². The number of ether oxygens (including phenoxy) is 1. The number of esters is 1. The Bertz CT molecular complexity index is 1100. The number of benzene rings is 1. The number of fused-ring (bicyclic) bond motifs is 2. The van der Waals surface area contributed by atoms with Gasteiger partial charge < -0.3 is 30.3 Å². The molecule has 216 valence electrons. The number of aliphatic hydroxyl groups excluding tert-OH is 1. The van der Waals surface area contributed by atoms with Gasteiger partial charge in [-0.1, -0.05) is 47.1 Å². The van der Waals surface area contributed by atoms with Crippen molar-refractivity contribution in [2.75, 3.05) is 6.54 Å². The van der Waals surface area contributed by atoms with Crippen LogP contribution in [0.25, 0.3) is 0 Å². The summed E-state index contributed by atoms with van der Waals surface area (Å²) in [4.78, 5) is 41.6. The Balaban J connectivity index is 1.42. The van der Waals surface area contributed by atoms with E-state index in [1.807, 2.05) is 13.8 Å². The lowest BCUT2D eigenvalue weighted by Crippen LogP contribution is -2.56. The van der Waals surface area contributed by atoms with Gasteiger partial charge in [-0.15, -0.1) is 0 Å². The van der Waals surface area contributed by atoms with Gasteiger partial charge in [-0.2, -0.15) is 0 Å². The second kappa shape index (κ2) is 11.0. The van der Waals surface area contributed by atoms with Gasteiger partial charge >= 0.3 is 5.97 Å². The molecule has 4 rings (SSSR count). The fraction of sp³-hybridized carbons (Fsp3) is 0.700. The molecule has 4 unspecified atom stereocenters. The quantitative estimate of drug-likeness (QED) is 0.277. The molecule has 9 nitrogen and oxygen atoms in total. The van der Waals surface area contributed by atoms with Crippen molar-refractivity contribution >= 4 is 17.8 Å².